The van der Waals surface area contributed by atoms with Crippen molar-refractivity contribution in [1.82, 2.24) is 0 Å². The second-order valence-electron chi connectivity index (χ2n) is 3.35. The Hall–Kier alpha value is -1.14. The molecule has 0 atom stereocenters. The summed E-state index contributed by atoms with van der Waals surface area (Å²) in [5, 5.41) is 8.81. The van der Waals surface area contributed by atoms with Gasteiger partial charge in [0.25, 0.3) is 0 Å². The van der Waals surface area contributed by atoms with E-state index in [-0.39, 0.29) is 5.78 Å². The lowest BCUT2D eigenvalue weighted by atomic mass is 9.89. The van der Waals surface area contributed by atoms with Gasteiger partial charge in [-0.15, -0.1) is 0 Å². The summed E-state index contributed by atoms with van der Waals surface area (Å²) in [6.07, 6.45) is 2.45. The van der Waals surface area contributed by atoms with Crippen LogP contribution >= 0.6 is 15.9 Å². The Morgan fingerprint density at radius 2 is 2.14 bits per heavy atom. The standard InChI is InChI=1S/C11H8BrNO/c12-11-8(6-13)5-4-7-2-1-3-9(14)10(7)11/h4-5H,1-3H2. The number of ketones is 1. The number of rotatable bonds is 0. The molecule has 0 unspecified atom stereocenters. The summed E-state index contributed by atoms with van der Waals surface area (Å²) >= 11 is 3.32. The van der Waals surface area contributed by atoms with Crippen molar-refractivity contribution >= 4 is 21.7 Å². The van der Waals surface area contributed by atoms with Gasteiger partial charge in [-0.25, -0.2) is 0 Å². The number of Topliss-reactive ketones (excluding diaryl/α,β-unsaturated/α-hetero) is 1. The van der Waals surface area contributed by atoms with Gasteiger partial charge in [0.2, 0.25) is 0 Å². The quantitative estimate of drug-likeness (QED) is 0.710. The van der Waals surface area contributed by atoms with Crippen molar-refractivity contribution in [3.8, 4) is 6.07 Å². The first-order chi connectivity index (χ1) is 6.74. The molecule has 1 aromatic carbocycles. The zero-order chi connectivity index (χ0) is 10.1. The number of benzene rings is 1. The van der Waals surface area contributed by atoms with Crippen LogP contribution in [0.1, 0.15) is 34.3 Å². The maximum atomic E-state index is 11.6. The fourth-order valence-corrected chi connectivity index (χ4v) is 2.47. The highest BCUT2D eigenvalue weighted by Crippen LogP contribution is 2.30. The molecule has 0 fully saturated rings. The molecule has 0 saturated carbocycles. The van der Waals surface area contributed by atoms with Gasteiger partial charge in [0.05, 0.1) is 5.56 Å². The van der Waals surface area contributed by atoms with Gasteiger partial charge in [0, 0.05) is 16.5 Å². The van der Waals surface area contributed by atoms with Crippen LogP contribution in [0.15, 0.2) is 16.6 Å². The van der Waals surface area contributed by atoms with Gasteiger partial charge < -0.3 is 0 Å². The first-order valence-electron chi connectivity index (χ1n) is 4.48. The number of hydrogen-bond donors (Lipinski definition) is 0. The molecule has 0 amide bonds. The molecule has 2 rings (SSSR count). The number of aryl methyl sites for hydroxylation is 1. The molecule has 3 heteroatoms. The number of carbonyl (C=O) groups excluding carboxylic acids is 1. The van der Waals surface area contributed by atoms with Crippen LogP contribution in [0, 0.1) is 11.3 Å². The highest BCUT2D eigenvalue weighted by atomic mass is 79.9. The van der Waals surface area contributed by atoms with Crippen LogP contribution in [0.4, 0.5) is 0 Å². The number of carbonyl (C=O) groups is 1. The van der Waals surface area contributed by atoms with Crippen molar-refractivity contribution in [2.24, 2.45) is 0 Å². The topological polar surface area (TPSA) is 40.9 Å². The first kappa shape index (κ1) is 9.42. The lowest BCUT2D eigenvalue weighted by Gasteiger charge is -2.16. The summed E-state index contributed by atoms with van der Waals surface area (Å²) < 4.78 is 0.669. The molecule has 0 aromatic heterocycles. The largest absolute Gasteiger partial charge is 0.294 e. The van der Waals surface area contributed by atoms with E-state index in [0.29, 0.717) is 16.5 Å². The molecular formula is C11H8BrNO. The Morgan fingerprint density at radius 1 is 1.36 bits per heavy atom. The van der Waals surface area contributed by atoms with E-state index in [9.17, 15) is 4.79 Å². The summed E-state index contributed by atoms with van der Waals surface area (Å²) in [5.41, 5.74) is 2.32. The van der Waals surface area contributed by atoms with E-state index in [4.69, 9.17) is 5.26 Å². The predicted octanol–water partition coefficient (Wildman–Crippen LogP) is 2.84. The molecule has 1 aliphatic rings. The van der Waals surface area contributed by atoms with Crippen LogP contribution in [0.2, 0.25) is 0 Å². The van der Waals surface area contributed by atoms with Gasteiger partial charge in [-0.05, 0) is 40.4 Å². The Labute approximate surface area is 90.7 Å². The summed E-state index contributed by atoms with van der Waals surface area (Å²) in [6.45, 7) is 0. The van der Waals surface area contributed by atoms with Crippen LogP contribution in [-0.4, -0.2) is 5.78 Å². The van der Waals surface area contributed by atoms with Gasteiger partial charge in [0.1, 0.15) is 6.07 Å². The molecule has 0 heterocycles. The van der Waals surface area contributed by atoms with Crippen molar-refractivity contribution in [3.63, 3.8) is 0 Å². The minimum atomic E-state index is 0.148. The fraction of sp³-hybridized carbons (Fsp3) is 0.273. The van der Waals surface area contributed by atoms with E-state index in [1.807, 2.05) is 6.07 Å². The zero-order valence-corrected chi connectivity index (χ0v) is 9.10. The van der Waals surface area contributed by atoms with E-state index in [2.05, 4.69) is 22.0 Å². The van der Waals surface area contributed by atoms with Crippen LogP contribution in [0.5, 0.6) is 0 Å². The summed E-state index contributed by atoms with van der Waals surface area (Å²) in [6, 6.07) is 5.72. The minimum absolute atomic E-state index is 0.148. The number of fused-ring (bicyclic) bond motifs is 1. The highest BCUT2D eigenvalue weighted by molar-refractivity contribution is 9.10. The SMILES string of the molecule is N#Cc1ccc2c(c1Br)C(=O)CCC2. The molecule has 1 aromatic rings. The lowest BCUT2D eigenvalue weighted by molar-refractivity contribution is 0.0971. The molecule has 0 radical (unpaired) electrons. The highest BCUT2D eigenvalue weighted by Gasteiger charge is 2.21. The van der Waals surface area contributed by atoms with E-state index in [1.165, 1.54) is 0 Å². The maximum Gasteiger partial charge on any atom is 0.164 e. The Balaban J connectivity index is 2.67. The average molecular weight is 250 g/mol. The number of halogens is 1. The van der Waals surface area contributed by atoms with Crippen LogP contribution in [0.25, 0.3) is 0 Å². The number of nitriles is 1. The first-order valence-corrected chi connectivity index (χ1v) is 5.28. The number of hydrogen-bond acceptors (Lipinski definition) is 2. The normalized spacial score (nSPS) is 14.7. The van der Waals surface area contributed by atoms with E-state index >= 15 is 0 Å². The number of nitrogens with zero attached hydrogens (tertiary/aromatic N) is 1. The van der Waals surface area contributed by atoms with Gasteiger partial charge in [-0.3, -0.25) is 4.79 Å². The molecule has 0 saturated heterocycles. The fourth-order valence-electron chi connectivity index (χ4n) is 1.78. The summed E-state index contributed by atoms with van der Waals surface area (Å²) in [4.78, 5) is 11.6. The molecule has 70 valence electrons. The average Bonchev–Trinajstić information content (AvgIpc) is 2.18. The third-order valence-corrected chi connectivity index (χ3v) is 3.30. The van der Waals surface area contributed by atoms with E-state index in [0.717, 1.165) is 24.0 Å². The van der Waals surface area contributed by atoms with E-state index in [1.54, 1.807) is 6.07 Å². The zero-order valence-electron chi connectivity index (χ0n) is 7.51. The smallest absolute Gasteiger partial charge is 0.164 e. The Morgan fingerprint density at radius 3 is 2.86 bits per heavy atom. The van der Waals surface area contributed by atoms with Crippen LogP contribution < -0.4 is 0 Å². The second-order valence-corrected chi connectivity index (χ2v) is 4.14. The van der Waals surface area contributed by atoms with Crippen molar-refractivity contribution in [2.75, 3.05) is 0 Å². The lowest BCUT2D eigenvalue weighted by Crippen LogP contribution is -2.12. The molecular weight excluding hydrogens is 242 g/mol. The van der Waals surface area contributed by atoms with Gasteiger partial charge in [-0.1, -0.05) is 6.07 Å². The van der Waals surface area contributed by atoms with Crippen molar-refractivity contribution in [3.05, 3.63) is 33.3 Å². The third-order valence-electron chi connectivity index (χ3n) is 2.48. The third kappa shape index (κ3) is 1.36. The van der Waals surface area contributed by atoms with Crippen LogP contribution in [0.3, 0.4) is 0 Å². The molecule has 2 nitrogen and oxygen atoms in total. The Bertz CT molecular complexity index is 445. The summed E-state index contributed by atoms with van der Waals surface area (Å²) in [7, 11) is 0. The predicted molar refractivity (Wildman–Crippen MR) is 56.1 cm³/mol. The van der Waals surface area contributed by atoms with E-state index < -0.39 is 0 Å². The van der Waals surface area contributed by atoms with Crippen molar-refractivity contribution < 1.29 is 4.79 Å². The summed E-state index contributed by atoms with van der Waals surface area (Å²) in [5.74, 6) is 0.148. The molecule has 0 N–H and O–H groups in total. The second kappa shape index (κ2) is 3.55. The molecule has 0 spiro atoms. The maximum absolute atomic E-state index is 11.6. The Kier molecular flexibility index (Phi) is 2.39. The van der Waals surface area contributed by atoms with Crippen molar-refractivity contribution in [2.45, 2.75) is 19.3 Å². The molecule has 0 aliphatic heterocycles. The molecule has 14 heavy (non-hydrogen) atoms. The molecule has 1 aliphatic carbocycles. The van der Waals surface area contributed by atoms with Crippen molar-refractivity contribution in [1.29, 1.82) is 5.26 Å². The molecule has 0 bridgehead atoms. The van der Waals surface area contributed by atoms with Gasteiger partial charge >= 0.3 is 0 Å². The van der Waals surface area contributed by atoms with Gasteiger partial charge in [-0.2, -0.15) is 5.26 Å². The van der Waals surface area contributed by atoms with Crippen LogP contribution in [-0.2, 0) is 6.42 Å². The monoisotopic (exact) mass is 249 g/mol. The van der Waals surface area contributed by atoms with Gasteiger partial charge in [0.15, 0.2) is 5.78 Å². The minimum Gasteiger partial charge on any atom is -0.294 e.